The minimum atomic E-state index is -3.91. The van der Waals surface area contributed by atoms with Gasteiger partial charge >= 0.3 is 5.69 Å². The second kappa shape index (κ2) is 7.51. The Morgan fingerprint density at radius 1 is 1.03 bits per heavy atom. The Kier molecular flexibility index (Phi) is 5.40. The fraction of sp³-hybridized carbons (Fsp3) is 0.333. The van der Waals surface area contributed by atoms with Gasteiger partial charge in [0.1, 0.15) is 0 Å². The number of carbonyl (C=O) groups is 1. The molecule has 0 spiro atoms. The Balaban J connectivity index is 2.26. The Morgan fingerprint density at radius 2 is 1.59 bits per heavy atom. The number of aryl methyl sites for hydroxylation is 3. The van der Waals surface area contributed by atoms with E-state index in [4.69, 9.17) is 0 Å². The number of anilines is 1. The third-order valence-corrected chi connectivity index (χ3v) is 6.67. The number of carbonyl (C=O) groups excluding carboxylic acids is 1. The zero-order chi connectivity index (χ0) is 21.5. The van der Waals surface area contributed by atoms with Gasteiger partial charge in [-0.05, 0) is 37.1 Å². The molecule has 0 aliphatic rings. The fourth-order valence-corrected chi connectivity index (χ4v) is 4.68. The highest BCUT2D eigenvalue weighted by Gasteiger charge is 2.25. The maximum atomic E-state index is 13.4. The number of amides is 1. The molecule has 0 bridgehead atoms. The molecule has 29 heavy (non-hydrogen) atoms. The van der Waals surface area contributed by atoms with Gasteiger partial charge in [-0.15, -0.1) is 0 Å². The van der Waals surface area contributed by atoms with E-state index >= 15 is 0 Å². The summed E-state index contributed by atoms with van der Waals surface area (Å²) in [5.41, 5.74) is 1.86. The summed E-state index contributed by atoms with van der Waals surface area (Å²) >= 11 is 0. The minimum Gasteiger partial charge on any atom is -0.325 e. The van der Waals surface area contributed by atoms with Crippen molar-refractivity contribution in [2.75, 3.05) is 5.32 Å². The number of hydrogen-bond acceptors (Lipinski definition) is 4. The van der Waals surface area contributed by atoms with Crippen LogP contribution in [0.25, 0.3) is 11.0 Å². The van der Waals surface area contributed by atoms with Gasteiger partial charge in [0.25, 0.3) is 0 Å². The normalized spacial score (nSPS) is 11.9. The second-order valence-electron chi connectivity index (χ2n) is 7.70. The largest absolute Gasteiger partial charge is 0.328 e. The average molecular weight is 416 g/mol. The Hall–Kier alpha value is -2.87. The molecule has 0 saturated carbocycles. The molecular formula is C21H25N3O4S. The van der Waals surface area contributed by atoms with Crippen molar-refractivity contribution in [2.45, 2.75) is 37.0 Å². The van der Waals surface area contributed by atoms with Crippen LogP contribution in [0, 0.1) is 12.8 Å². The zero-order valence-corrected chi connectivity index (χ0v) is 18.0. The summed E-state index contributed by atoms with van der Waals surface area (Å²) in [6.07, 6.45) is 0.260. The lowest BCUT2D eigenvalue weighted by Crippen LogP contribution is -2.19. The van der Waals surface area contributed by atoms with Gasteiger partial charge in [0.2, 0.25) is 15.7 Å². The van der Waals surface area contributed by atoms with E-state index in [1.807, 2.05) is 20.8 Å². The summed E-state index contributed by atoms with van der Waals surface area (Å²) in [7, 11) is -0.715. The highest BCUT2D eigenvalue weighted by molar-refractivity contribution is 7.91. The molecule has 8 heteroatoms. The molecular weight excluding hydrogens is 390 g/mol. The first-order valence-corrected chi connectivity index (χ1v) is 10.8. The van der Waals surface area contributed by atoms with Gasteiger partial charge in [-0.25, -0.2) is 13.2 Å². The summed E-state index contributed by atoms with van der Waals surface area (Å²) in [4.78, 5) is 24.8. The molecule has 0 aliphatic carbocycles. The van der Waals surface area contributed by atoms with Crippen LogP contribution >= 0.6 is 0 Å². The number of hydrogen-bond donors (Lipinski definition) is 1. The average Bonchev–Trinajstić information content (AvgIpc) is 2.84. The van der Waals surface area contributed by atoms with Gasteiger partial charge in [-0.1, -0.05) is 31.5 Å². The number of nitrogens with one attached hydrogen (secondary N) is 1. The molecule has 7 nitrogen and oxygen atoms in total. The van der Waals surface area contributed by atoms with Crippen molar-refractivity contribution in [3.05, 3.63) is 52.4 Å². The SMILES string of the molecule is Cc1ccc(S(=O)(=O)c2cc3c(cc2NC(=O)CC(C)C)n(C)c(=O)n3C)cc1. The van der Waals surface area contributed by atoms with E-state index in [0.29, 0.717) is 11.0 Å². The summed E-state index contributed by atoms with van der Waals surface area (Å²) in [5.74, 6) is -0.155. The van der Waals surface area contributed by atoms with Crippen LogP contribution in [0.4, 0.5) is 5.69 Å². The predicted octanol–water partition coefficient (Wildman–Crippen LogP) is 3.00. The molecule has 2 aromatic carbocycles. The number of aromatic nitrogens is 2. The van der Waals surface area contributed by atoms with Crippen molar-refractivity contribution < 1.29 is 13.2 Å². The first-order chi connectivity index (χ1) is 13.5. The standard InChI is InChI=1S/C21H25N3O4S/c1-13(2)10-20(25)22-16-11-17-18(24(5)21(26)23(17)4)12-19(16)29(27,28)15-8-6-14(3)7-9-15/h6-9,11-13H,10H2,1-5H3,(H,22,25). The van der Waals surface area contributed by atoms with E-state index in [1.54, 1.807) is 44.4 Å². The summed E-state index contributed by atoms with van der Waals surface area (Å²) in [6, 6.07) is 9.53. The molecule has 0 atom stereocenters. The lowest BCUT2D eigenvalue weighted by molar-refractivity contribution is -0.116. The van der Waals surface area contributed by atoms with E-state index in [1.165, 1.54) is 15.2 Å². The molecule has 3 aromatic rings. The molecule has 0 aliphatic heterocycles. The van der Waals surface area contributed by atoms with Crippen LogP contribution in [-0.4, -0.2) is 23.5 Å². The van der Waals surface area contributed by atoms with Crippen LogP contribution in [0.15, 0.2) is 51.0 Å². The molecule has 3 rings (SSSR count). The quantitative estimate of drug-likeness (QED) is 0.694. The molecule has 0 unspecified atom stereocenters. The summed E-state index contributed by atoms with van der Waals surface area (Å²) < 4.78 is 29.6. The molecule has 0 saturated heterocycles. The van der Waals surface area contributed by atoms with Crippen molar-refractivity contribution in [3.63, 3.8) is 0 Å². The Labute approximate surface area is 169 Å². The predicted molar refractivity (Wildman–Crippen MR) is 113 cm³/mol. The zero-order valence-electron chi connectivity index (χ0n) is 17.2. The highest BCUT2D eigenvalue weighted by atomic mass is 32.2. The van der Waals surface area contributed by atoms with Gasteiger partial charge in [0.15, 0.2) is 0 Å². The van der Waals surface area contributed by atoms with Gasteiger partial charge in [-0.3, -0.25) is 13.9 Å². The molecule has 1 heterocycles. The topological polar surface area (TPSA) is 90.2 Å². The smallest absolute Gasteiger partial charge is 0.325 e. The third-order valence-electron chi connectivity index (χ3n) is 4.86. The number of nitrogens with zero attached hydrogens (tertiary/aromatic N) is 2. The van der Waals surface area contributed by atoms with Crippen LogP contribution < -0.4 is 11.0 Å². The molecule has 0 fully saturated rings. The van der Waals surface area contributed by atoms with E-state index in [9.17, 15) is 18.0 Å². The summed E-state index contributed by atoms with van der Waals surface area (Å²) in [6.45, 7) is 5.70. The van der Waals surface area contributed by atoms with Crippen LogP contribution in [0.2, 0.25) is 0 Å². The van der Waals surface area contributed by atoms with Crippen molar-refractivity contribution >= 4 is 32.5 Å². The molecule has 154 valence electrons. The highest BCUT2D eigenvalue weighted by Crippen LogP contribution is 2.32. The number of sulfone groups is 1. The Morgan fingerprint density at radius 3 is 2.14 bits per heavy atom. The van der Waals surface area contributed by atoms with E-state index < -0.39 is 9.84 Å². The first kappa shape index (κ1) is 20.9. The van der Waals surface area contributed by atoms with E-state index in [-0.39, 0.29) is 39.4 Å². The van der Waals surface area contributed by atoms with Crippen molar-refractivity contribution in [2.24, 2.45) is 20.0 Å². The lowest BCUT2D eigenvalue weighted by atomic mass is 10.1. The van der Waals surface area contributed by atoms with E-state index in [2.05, 4.69) is 5.32 Å². The monoisotopic (exact) mass is 415 g/mol. The number of imidazole rings is 1. The molecule has 1 N–H and O–H groups in total. The van der Waals surface area contributed by atoms with E-state index in [0.717, 1.165) is 5.56 Å². The van der Waals surface area contributed by atoms with Gasteiger partial charge < -0.3 is 5.32 Å². The van der Waals surface area contributed by atoms with Gasteiger partial charge in [-0.2, -0.15) is 0 Å². The molecule has 0 radical (unpaired) electrons. The van der Waals surface area contributed by atoms with Crippen LogP contribution in [0.3, 0.4) is 0 Å². The van der Waals surface area contributed by atoms with Crippen LogP contribution in [-0.2, 0) is 28.7 Å². The van der Waals surface area contributed by atoms with Crippen LogP contribution in [0.5, 0.6) is 0 Å². The van der Waals surface area contributed by atoms with Crippen molar-refractivity contribution in [3.8, 4) is 0 Å². The Bertz CT molecular complexity index is 1250. The lowest BCUT2D eigenvalue weighted by Gasteiger charge is -2.14. The first-order valence-electron chi connectivity index (χ1n) is 9.33. The molecule has 1 amide bonds. The van der Waals surface area contributed by atoms with Gasteiger partial charge in [0, 0.05) is 20.5 Å². The second-order valence-corrected chi connectivity index (χ2v) is 9.62. The van der Waals surface area contributed by atoms with Crippen LogP contribution in [0.1, 0.15) is 25.8 Å². The number of rotatable bonds is 5. The van der Waals surface area contributed by atoms with Gasteiger partial charge in [0.05, 0.1) is 26.5 Å². The minimum absolute atomic E-state index is 0.0350. The number of benzene rings is 2. The van der Waals surface area contributed by atoms with Crippen molar-refractivity contribution in [1.29, 1.82) is 0 Å². The maximum absolute atomic E-state index is 13.4. The summed E-state index contributed by atoms with van der Waals surface area (Å²) in [5, 5.41) is 2.73. The fourth-order valence-electron chi connectivity index (χ4n) is 3.26. The maximum Gasteiger partial charge on any atom is 0.328 e. The molecule has 1 aromatic heterocycles. The number of fused-ring (bicyclic) bond motifs is 1. The van der Waals surface area contributed by atoms with Crippen molar-refractivity contribution in [1.82, 2.24) is 9.13 Å². The third kappa shape index (κ3) is 3.85.